The Morgan fingerprint density at radius 3 is 2.82 bits per heavy atom. The Bertz CT molecular complexity index is 552. The lowest BCUT2D eigenvalue weighted by molar-refractivity contribution is -0.365. The molecule has 0 aliphatic carbocycles. The van der Waals surface area contributed by atoms with Crippen molar-refractivity contribution >= 4 is 10.9 Å². The van der Waals surface area contributed by atoms with E-state index < -0.39 is 6.10 Å². The summed E-state index contributed by atoms with van der Waals surface area (Å²) in [7, 11) is 0. The molecule has 1 unspecified atom stereocenters. The number of fused-ring (bicyclic) bond motifs is 1. The fourth-order valence-corrected chi connectivity index (χ4v) is 1.67. The van der Waals surface area contributed by atoms with Gasteiger partial charge in [-0.1, -0.05) is 12.1 Å². The molecule has 0 aliphatic heterocycles. The van der Waals surface area contributed by atoms with Crippen LogP contribution in [0, 0.1) is 0 Å². The van der Waals surface area contributed by atoms with Crippen molar-refractivity contribution in [2.45, 2.75) is 13.0 Å². The Morgan fingerprint density at radius 2 is 2.06 bits per heavy atom. The van der Waals surface area contributed by atoms with Crippen LogP contribution in [0.1, 0.15) is 18.7 Å². The van der Waals surface area contributed by atoms with Crippen LogP contribution in [0.5, 0.6) is 0 Å². The maximum Gasteiger partial charge on any atom is 0.213 e. The van der Waals surface area contributed by atoms with Gasteiger partial charge in [0, 0.05) is 23.2 Å². The summed E-state index contributed by atoms with van der Waals surface area (Å²) in [6.45, 7) is 1.67. The summed E-state index contributed by atoms with van der Waals surface area (Å²) in [6, 6.07) is 11.6. The molecule has 2 aromatic rings. The molecule has 1 aromatic carbocycles. The van der Waals surface area contributed by atoms with Gasteiger partial charge in [0.2, 0.25) is 11.2 Å². The molecular formula is C13H15N2O2+. The second kappa shape index (κ2) is 4.95. The smallest absolute Gasteiger partial charge is 0.213 e. The predicted octanol–water partition coefficient (Wildman–Crippen LogP) is 1.57. The first-order valence-corrected chi connectivity index (χ1v) is 5.38. The molecule has 0 amide bonds. The van der Waals surface area contributed by atoms with Crippen molar-refractivity contribution in [1.29, 1.82) is 0 Å². The van der Waals surface area contributed by atoms with Gasteiger partial charge >= 0.3 is 0 Å². The molecule has 1 heterocycles. The molecule has 0 saturated carbocycles. The first-order valence-electron chi connectivity index (χ1n) is 5.38. The topological polar surface area (TPSA) is 66.6 Å². The summed E-state index contributed by atoms with van der Waals surface area (Å²) in [5.41, 5.74) is 4.13. The molecule has 1 atom stereocenters. The van der Waals surface area contributed by atoms with Crippen LogP contribution in [-0.2, 0) is 0 Å². The van der Waals surface area contributed by atoms with Gasteiger partial charge in [0.15, 0.2) is 6.10 Å². The van der Waals surface area contributed by atoms with Crippen LogP contribution in [0.3, 0.4) is 0 Å². The van der Waals surface area contributed by atoms with E-state index in [0.29, 0.717) is 11.4 Å². The van der Waals surface area contributed by atoms with E-state index in [-0.39, 0.29) is 0 Å². The number of allylic oxidation sites excluding steroid dienone is 1. The van der Waals surface area contributed by atoms with Crippen molar-refractivity contribution in [3.05, 3.63) is 53.9 Å². The summed E-state index contributed by atoms with van der Waals surface area (Å²) in [4.78, 5) is 3.15. The number of aromatic amines is 1. The molecule has 1 aromatic heterocycles. The first-order chi connectivity index (χ1) is 8.20. The third-order valence-corrected chi connectivity index (χ3v) is 2.59. The van der Waals surface area contributed by atoms with Gasteiger partial charge in [-0.25, -0.2) is 4.98 Å². The van der Waals surface area contributed by atoms with E-state index in [1.807, 2.05) is 41.9 Å². The molecule has 0 spiro atoms. The van der Waals surface area contributed by atoms with E-state index in [0.717, 1.165) is 10.9 Å². The zero-order valence-electron chi connectivity index (χ0n) is 9.51. The number of rotatable bonds is 3. The van der Waals surface area contributed by atoms with E-state index in [2.05, 4.69) is 4.98 Å². The molecular weight excluding hydrogens is 216 g/mol. The zero-order chi connectivity index (χ0) is 12.3. The van der Waals surface area contributed by atoms with E-state index in [4.69, 9.17) is 5.21 Å². The average molecular weight is 231 g/mol. The van der Waals surface area contributed by atoms with Gasteiger partial charge < -0.3 is 5.11 Å². The lowest BCUT2D eigenvalue weighted by atomic mass is 10.1. The Hall–Kier alpha value is -1.91. The lowest BCUT2D eigenvalue weighted by Crippen LogP contribution is -2.16. The minimum absolute atomic E-state index is 0.499. The quantitative estimate of drug-likeness (QED) is 0.702. The number of H-pyrrole nitrogens is 1. The highest BCUT2D eigenvalue weighted by atomic mass is 16.5. The minimum Gasteiger partial charge on any atom is -0.378 e. The summed E-state index contributed by atoms with van der Waals surface area (Å²) >= 11 is 0. The van der Waals surface area contributed by atoms with Gasteiger partial charge in [0.25, 0.3) is 0 Å². The second-order valence-corrected chi connectivity index (χ2v) is 3.91. The third kappa shape index (κ3) is 2.61. The summed E-state index contributed by atoms with van der Waals surface area (Å²) in [5.74, 6) is 0. The lowest BCUT2D eigenvalue weighted by Gasteiger charge is -2.03. The number of aliphatic hydroxyl groups excluding tert-OH is 1. The molecule has 2 rings (SSSR count). The van der Waals surface area contributed by atoms with Crippen LogP contribution in [0.25, 0.3) is 10.9 Å². The Kier molecular flexibility index (Phi) is 3.37. The highest BCUT2D eigenvalue weighted by molar-refractivity contribution is 5.74. The molecule has 0 radical (unpaired) electrons. The van der Waals surface area contributed by atoms with Gasteiger partial charge in [-0.2, -0.15) is 0 Å². The van der Waals surface area contributed by atoms with Gasteiger partial charge in [-0.15, -0.1) is 0 Å². The molecule has 88 valence electrons. The van der Waals surface area contributed by atoms with E-state index in [1.54, 1.807) is 6.92 Å². The van der Waals surface area contributed by atoms with Gasteiger partial charge in [-0.05, 0) is 25.1 Å². The fraction of sp³-hybridized carbons (Fsp3) is 0.154. The molecule has 4 N–H and O–H groups in total. The summed E-state index contributed by atoms with van der Waals surface area (Å²) in [6.07, 6.45) is 0.750. The Labute approximate surface area is 99.2 Å². The molecule has 0 bridgehead atoms. The monoisotopic (exact) mass is 231 g/mol. The number of nitrogens with one attached hydrogen (secondary N) is 2. The number of pyridine rings is 1. The Morgan fingerprint density at radius 1 is 1.29 bits per heavy atom. The van der Waals surface area contributed by atoms with E-state index in [1.165, 1.54) is 6.08 Å². The van der Waals surface area contributed by atoms with Crippen LogP contribution in [0.2, 0.25) is 0 Å². The number of aromatic nitrogens is 1. The highest BCUT2D eigenvalue weighted by Crippen LogP contribution is 2.14. The fourth-order valence-electron chi connectivity index (χ4n) is 1.67. The van der Waals surface area contributed by atoms with Crippen molar-refractivity contribution in [3.63, 3.8) is 0 Å². The highest BCUT2D eigenvalue weighted by Gasteiger charge is 2.13. The zero-order valence-corrected chi connectivity index (χ0v) is 9.51. The van der Waals surface area contributed by atoms with Crippen LogP contribution < -0.4 is 10.5 Å². The molecule has 0 saturated heterocycles. The minimum atomic E-state index is -0.778. The number of benzene rings is 1. The number of para-hydroxylation sites is 1. The average Bonchev–Trinajstić information content (AvgIpc) is 2.38. The first kappa shape index (κ1) is 11.6. The van der Waals surface area contributed by atoms with Crippen LogP contribution in [-0.4, -0.2) is 10.3 Å². The van der Waals surface area contributed by atoms with Gasteiger partial charge in [-0.3, -0.25) is 10.7 Å². The summed E-state index contributed by atoms with van der Waals surface area (Å²) < 4.78 is 0. The van der Waals surface area contributed by atoms with E-state index in [9.17, 15) is 5.11 Å². The number of hydrogen-bond donors (Lipinski definition) is 3. The van der Waals surface area contributed by atoms with Crippen molar-refractivity contribution in [2.24, 2.45) is 0 Å². The van der Waals surface area contributed by atoms with E-state index >= 15 is 0 Å². The van der Waals surface area contributed by atoms with Crippen molar-refractivity contribution in [3.8, 4) is 0 Å². The largest absolute Gasteiger partial charge is 0.378 e. The van der Waals surface area contributed by atoms with Crippen LogP contribution in [0.4, 0.5) is 0 Å². The number of hydrogen-bond acceptors (Lipinski definition) is 3. The Balaban J connectivity index is 2.36. The molecule has 0 fully saturated rings. The van der Waals surface area contributed by atoms with Crippen molar-refractivity contribution in [1.82, 2.24) is 5.48 Å². The summed E-state index contributed by atoms with van der Waals surface area (Å²) in [5, 5.41) is 19.7. The molecule has 17 heavy (non-hydrogen) atoms. The SMILES string of the molecule is CC(=CC(O)c1ccc2ccccc2[nH+]1)NO. The second-order valence-electron chi connectivity index (χ2n) is 3.91. The predicted molar refractivity (Wildman–Crippen MR) is 64.1 cm³/mol. The van der Waals surface area contributed by atoms with Crippen LogP contribution >= 0.6 is 0 Å². The molecule has 0 aliphatic rings. The molecule has 4 nitrogen and oxygen atoms in total. The van der Waals surface area contributed by atoms with Gasteiger partial charge in [0.1, 0.15) is 0 Å². The van der Waals surface area contributed by atoms with Crippen molar-refractivity contribution < 1.29 is 15.3 Å². The normalized spacial score (nSPS) is 13.7. The maximum atomic E-state index is 9.92. The van der Waals surface area contributed by atoms with Crippen molar-refractivity contribution in [2.75, 3.05) is 0 Å². The van der Waals surface area contributed by atoms with Crippen LogP contribution in [0.15, 0.2) is 48.2 Å². The van der Waals surface area contributed by atoms with Gasteiger partial charge in [0.05, 0.1) is 0 Å². The maximum absolute atomic E-state index is 9.92. The number of hydroxylamine groups is 1. The standard InChI is InChI=1S/C13H14N2O2/c1-9(15-17)8-13(16)12-7-6-10-4-2-3-5-11(10)14-12/h2-8,13,15-17H,1H3/p+1. The third-order valence-electron chi connectivity index (χ3n) is 2.59. The number of aliphatic hydroxyl groups is 1. The molecule has 4 heteroatoms.